The molecule has 0 amide bonds. The molecule has 24 heavy (non-hydrogen) atoms. The van der Waals surface area contributed by atoms with Crippen LogP contribution < -0.4 is 0 Å². The van der Waals surface area contributed by atoms with Crippen molar-refractivity contribution in [2.75, 3.05) is 0 Å². The molecule has 0 aliphatic heterocycles. The molecule has 0 fully saturated rings. The van der Waals surface area contributed by atoms with Crippen LogP contribution in [0.5, 0.6) is 0 Å². The fraction of sp³-hybridized carbons (Fsp3) is 0.385. The third-order valence-electron chi connectivity index (χ3n) is 2.91. The minimum atomic E-state index is 0. The van der Waals surface area contributed by atoms with Gasteiger partial charge in [0, 0.05) is 67.9 Å². The maximum absolute atomic E-state index is 7.13. The monoisotopic (exact) mass is 464 g/mol. The van der Waals surface area contributed by atoms with Crippen molar-refractivity contribution in [3.63, 3.8) is 0 Å². The summed E-state index contributed by atoms with van der Waals surface area (Å²) in [6, 6.07) is 0. The second kappa shape index (κ2) is 16.9. The Labute approximate surface area is 179 Å². The first kappa shape index (κ1) is 30.9. The van der Waals surface area contributed by atoms with Gasteiger partial charge >= 0.3 is 0 Å². The molecule has 0 saturated carbocycles. The number of nitrogens with zero attached hydrogens (tertiary/aromatic N) is 4. The average molecular weight is 467 g/mol. The van der Waals surface area contributed by atoms with Crippen molar-refractivity contribution in [2.24, 2.45) is 0 Å². The molecule has 0 aromatic carbocycles. The van der Waals surface area contributed by atoms with Crippen LogP contribution in [-0.4, -0.2) is 20.4 Å². The fourth-order valence-corrected chi connectivity index (χ4v) is 1.85. The zero-order valence-electron chi connectivity index (χ0n) is 14.3. The van der Waals surface area contributed by atoms with Gasteiger partial charge in [0.25, 0.3) is 0 Å². The Balaban J connectivity index is -0.000000197. The molecule has 0 radical (unpaired) electrons. The third kappa shape index (κ3) is 10.0. The molecule has 0 atom stereocenters. The molecule has 124 valence electrons. The topological polar surface area (TPSA) is 138 Å². The van der Waals surface area contributed by atoms with Gasteiger partial charge in [-0.15, -0.1) is 0 Å². The van der Waals surface area contributed by atoms with Gasteiger partial charge in [0.1, 0.15) is 0 Å². The number of thiocyanates is 2. The summed E-state index contributed by atoms with van der Waals surface area (Å²) in [5, 5.41) is 31.4. The number of aromatic amines is 2. The van der Waals surface area contributed by atoms with E-state index in [1.807, 2.05) is 13.8 Å². The van der Waals surface area contributed by atoms with E-state index in [0.717, 1.165) is 29.2 Å². The summed E-state index contributed by atoms with van der Waals surface area (Å²) in [6.45, 7) is 8.17. The third-order valence-corrected chi connectivity index (χ3v) is 2.91. The van der Waals surface area contributed by atoms with Gasteiger partial charge < -0.3 is 31.4 Å². The quantitative estimate of drug-likeness (QED) is 0.396. The molecule has 0 saturated heterocycles. The van der Waals surface area contributed by atoms with Gasteiger partial charge in [-0.3, -0.25) is 10.2 Å². The van der Waals surface area contributed by atoms with Gasteiger partial charge in [-0.1, -0.05) is 10.8 Å². The standard InChI is InChI=1S/C11H16N4.2CHNS.H2N.2Zn/c1-6-10(7(2)13-12-6)5-11-8(3)14-15-9(11)4;2*2-1-3;;;/h5H2,1-4H3,(H,12,13)(H,14,15);2*3H;1H2;;/q;;;-1;;/p-2. The van der Waals surface area contributed by atoms with E-state index in [1.54, 1.807) is 0 Å². The first-order valence-electron chi connectivity index (χ1n) is 5.96. The van der Waals surface area contributed by atoms with Crippen molar-refractivity contribution in [1.82, 2.24) is 20.4 Å². The van der Waals surface area contributed by atoms with Crippen LogP contribution in [0.15, 0.2) is 0 Å². The predicted molar refractivity (Wildman–Crippen MR) is 90.2 cm³/mol. The van der Waals surface area contributed by atoms with Crippen molar-refractivity contribution in [1.29, 1.82) is 10.5 Å². The average Bonchev–Trinajstić information content (AvgIpc) is 2.90. The van der Waals surface area contributed by atoms with Gasteiger partial charge in [0.15, 0.2) is 0 Å². The van der Waals surface area contributed by atoms with E-state index < -0.39 is 0 Å². The fourth-order valence-electron chi connectivity index (χ4n) is 1.85. The smallest absolute Gasteiger partial charge is 0.0629 e. The number of hydrogen-bond donors (Lipinski definition) is 2. The molecule has 2 aromatic heterocycles. The Bertz CT molecular complexity index is 561. The summed E-state index contributed by atoms with van der Waals surface area (Å²) in [4.78, 5) is 0. The molecule has 2 rings (SSSR count). The summed E-state index contributed by atoms with van der Waals surface area (Å²) in [7, 11) is 0. The van der Waals surface area contributed by atoms with Gasteiger partial charge in [-0.2, -0.15) is 10.2 Å². The van der Waals surface area contributed by atoms with E-state index in [4.69, 9.17) is 10.5 Å². The first-order valence-corrected chi connectivity index (χ1v) is 6.77. The van der Waals surface area contributed by atoms with Crippen LogP contribution in [0.1, 0.15) is 33.9 Å². The maximum Gasteiger partial charge on any atom is 0.0629 e. The molecule has 0 aliphatic carbocycles. The van der Waals surface area contributed by atoms with Gasteiger partial charge in [-0.05, 0) is 27.7 Å². The molecular weight excluding hydrogens is 449 g/mol. The van der Waals surface area contributed by atoms with Gasteiger partial charge in [0.2, 0.25) is 0 Å². The summed E-state index contributed by atoms with van der Waals surface area (Å²) >= 11 is 7.40. The molecule has 2 aromatic rings. The van der Waals surface area contributed by atoms with Crippen LogP contribution in [0.4, 0.5) is 0 Å². The largest absolute Gasteiger partial charge is 0.696 e. The van der Waals surface area contributed by atoms with E-state index >= 15 is 0 Å². The van der Waals surface area contributed by atoms with E-state index in [0.29, 0.717) is 0 Å². The zero-order chi connectivity index (χ0) is 16.4. The molecule has 2 heterocycles. The molecule has 0 unspecified atom stereocenters. The molecule has 7 nitrogen and oxygen atoms in total. The number of nitrogens with two attached hydrogens (primary N) is 1. The first-order chi connectivity index (χ1) is 9.92. The molecular formula is C13H18N7S2Zn2-3. The number of nitrogens with one attached hydrogen (secondary N) is 2. The number of hydrogen-bond acceptors (Lipinski definition) is 6. The number of H-pyrrole nitrogens is 2. The van der Waals surface area contributed by atoms with Crippen molar-refractivity contribution < 1.29 is 39.0 Å². The Kier molecular flexibility index (Phi) is 21.7. The molecule has 0 bridgehead atoms. The van der Waals surface area contributed by atoms with Crippen molar-refractivity contribution >= 4 is 25.3 Å². The minimum absolute atomic E-state index is 0. The van der Waals surface area contributed by atoms with Crippen LogP contribution in [-0.2, 0) is 70.6 Å². The summed E-state index contributed by atoms with van der Waals surface area (Å²) in [5.74, 6) is 0. The van der Waals surface area contributed by atoms with E-state index in [1.165, 1.54) is 21.9 Å². The van der Waals surface area contributed by atoms with Crippen LogP contribution in [0.2, 0.25) is 0 Å². The molecule has 11 heteroatoms. The normalized spacial score (nSPS) is 7.42. The second-order valence-corrected chi connectivity index (χ2v) is 4.55. The summed E-state index contributed by atoms with van der Waals surface area (Å²) in [5.41, 5.74) is 7.00. The van der Waals surface area contributed by atoms with Gasteiger partial charge in [0.05, 0.1) is 11.4 Å². The SMILES string of the molecule is Cc1n[nH]c(C)c1Cc1c(C)n[nH]c1C.N#C[S-].N#C[S-].[NH2-].[Zn].[Zn]. The Morgan fingerprint density at radius 1 is 0.833 bits per heavy atom. The van der Waals surface area contributed by atoms with Crippen LogP contribution in [0.3, 0.4) is 0 Å². The van der Waals surface area contributed by atoms with Crippen LogP contribution in [0.25, 0.3) is 6.15 Å². The Morgan fingerprint density at radius 3 is 1.25 bits per heavy atom. The number of aromatic nitrogens is 4. The summed E-state index contributed by atoms with van der Waals surface area (Å²) < 4.78 is 0. The second-order valence-electron chi connectivity index (χ2n) is 4.18. The van der Waals surface area contributed by atoms with E-state index in [9.17, 15) is 0 Å². The Morgan fingerprint density at radius 2 is 1.08 bits per heavy atom. The van der Waals surface area contributed by atoms with Crippen molar-refractivity contribution in [2.45, 2.75) is 34.1 Å². The number of rotatable bonds is 2. The predicted octanol–water partition coefficient (Wildman–Crippen LogP) is 2.70. The zero-order valence-corrected chi connectivity index (χ0v) is 21.9. The Hall–Kier alpha value is -0.953. The minimum Gasteiger partial charge on any atom is -0.696 e. The number of aryl methyl sites for hydroxylation is 4. The van der Waals surface area contributed by atoms with E-state index in [-0.39, 0.29) is 45.1 Å². The molecule has 0 spiro atoms. The van der Waals surface area contributed by atoms with Crippen LogP contribution in [0, 0.1) is 49.0 Å². The summed E-state index contributed by atoms with van der Waals surface area (Å²) in [6.07, 6.45) is 0.905. The van der Waals surface area contributed by atoms with Crippen molar-refractivity contribution in [3.05, 3.63) is 40.1 Å². The van der Waals surface area contributed by atoms with Gasteiger partial charge in [-0.25, -0.2) is 10.5 Å². The van der Waals surface area contributed by atoms with Crippen LogP contribution >= 0.6 is 0 Å². The molecule has 4 N–H and O–H groups in total. The van der Waals surface area contributed by atoms with E-state index in [2.05, 4.69) is 59.5 Å². The van der Waals surface area contributed by atoms with Crippen molar-refractivity contribution in [3.8, 4) is 10.8 Å². The number of nitriles is 2. The maximum atomic E-state index is 7.13. The molecule has 0 aliphatic rings.